The van der Waals surface area contributed by atoms with Gasteiger partial charge in [-0.05, 0) is 24.6 Å². The fraction of sp³-hybridized carbons (Fsp3) is 0.600. The van der Waals surface area contributed by atoms with Gasteiger partial charge in [0, 0.05) is 38.6 Å². The van der Waals surface area contributed by atoms with E-state index in [-0.39, 0.29) is 30.6 Å². The molecular formula is C15H23ClF2N2O2. The summed E-state index contributed by atoms with van der Waals surface area (Å²) in [4.78, 5) is 2.06. The molecule has 1 aliphatic rings. The van der Waals surface area contributed by atoms with Gasteiger partial charge in [-0.25, -0.2) is 8.78 Å². The van der Waals surface area contributed by atoms with Crippen LogP contribution in [0.5, 0.6) is 11.5 Å². The normalized spacial score (nSPS) is 17.1. The Labute approximate surface area is 135 Å². The van der Waals surface area contributed by atoms with Crippen molar-refractivity contribution < 1.29 is 18.6 Å². The lowest BCUT2D eigenvalue weighted by Crippen LogP contribution is -2.45. The van der Waals surface area contributed by atoms with E-state index in [0.717, 1.165) is 31.7 Å². The zero-order valence-corrected chi connectivity index (χ0v) is 13.4. The number of benzene rings is 1. The first-order valence-electron chi connectivity index (χ1n) is 7.30. The standard InChI is InChI=1S/C15H22F2N2O2.ClH/c1-2-21-14-9-11(3-4-13(14)20)12(10-15(16)17)19-7-5-18-6-8-19;/h3-4,9,12,15,18,20H,2,5-8,10H2,1H3;1H/t12-;/m0./s1. The van der Waals surface area contributed by atoms with Gasteiger partial charge in [0.05, 0.1) is 6.61 Å². The molecule has 1 fully saturated rings. The van der Waals surface area contributed by atoms with E-state index in [1.807, 2.05) is 6.92 Å². The van der Waals surface area contributed by atoms with E-state index >= 15 is 0 Å². The van der Waals surface area contributed by atoms with E-state index < -0.39 is 6.43 Å². The smallest absolute Gasteiger partial charge is 0.240 e. The van der Waals surface area contributed by atoms with Gasteiger partial charge in [0.25, 0.3) is 0 Å². The van der Waals surface area contributed by atoms with Crippen LogP contribution < -0.4 is 10.1 Å². The Morgan fingerprint density at radius 1 is 1.32 bits per heavy atom. The Hall–Kier alpha value is -1.11. The van der Waals surface area contributed by atoms with Crippen molar-refractivity contribution >= 4 is 12.4 Å². The largest absolute Gasteiger partial charge is 0.504 e. The molecule has 1 atom stereocenters. The highest BCUT2D eigenvalue weighted by atomic mass is 35.5. The van der Waals surface area contributed by atoms with Gasteiger partial charge in [-0.15, -0.1) is 12.4 Å². The molecule has 0 bridgehead atoms. The molecule has 1 aromatic rings. The maximum absolute atomic E-state index is 12.9. The van der Waals surface area contributed by atoms with Crippen LogP contribution in [0.1, 0.15) is 24.9 Å². The van der Waals surface area contributed by atoms with Crippen molar-refractivity contribution in [1.82, 2.24) is 10.2 Å². The minimum Gasteiger partial charge on any atom is -0.504 e. The Morgan fingerprint density at radius 3 is 2.59 bits per heavy atom. The summed E-state index contributed by atoms with van der Waals surface area (Å²) in [5.41, 5.74) is 0.762. The molecule has 1 saturated heterocycles. The topological polar surface area (TPSA) is 44.7 Å². The summed E-state index contributed by atoms with van der Waals surface area (Å²) in [6, 6.07) is 4.54. The highest BCUT2D eigenvalue weighted by molar-refractivity contribution is 5.85. The number of phenolic OH excluding ortho intramolecular Hbond substituents is 1. The van der Waals surface area contributed by atoms with Crippen molar-refractivity contribution in [2.45, 2.75) is 25.8 Å². The van der Waals surface area contributed by atoms with Gasteiger partial charge in [0.1, 0.15) is 0 Å². The van der Waals surface area contributed by atoms with Gasteiger partial charge in [-0.3, -0.25) is 4.90 Å². The van der Waals surface area contributed by atoms with Crippen LogP contribution in [0.2, 0.25) is 0 Å². The SMILES string of the molecule is CCOc1cc([C@H](CC(F)F)N2CCNCC2)ccc1O.Cl. The van der Waals surface area contributed by atoms with E-state index in [2.05, 4.69) is 10.2 Å². The van der Waals surface area contributed by atoms with Gasteiger partial charge < -0.3 is 15.2 Å². The van der Waals surface area contributed by atoms with Crippen molar-refractivity contribution in [3.63, 3.8) is 0 Å². The van der Waals surface area contributed by atoms with Crippen LogP contribution in [0, 0.1) is 0 Å². The molecule has 22 heavy (non-hydrogen) atoms. The summed E-state index contributed by atoms with van der Waals surface area (Å²) in [5.74, 6) is 0.390. The fourth-order valence-corrected chi connectivity index (χ4v) is 2.67. The van der Waals surface area contributed by atoms with E-state index in [4.69, 9.17) is 4.74 Å². The van der Waals surface area contributed by atoms with Gasteiger partial charge in [-0.2, -0.15) is 0 Å². The molecule has 0 amide bonds. The number of nitrogens with one attached hydrogen (secondary N) is 1. The van der Waals surface area contributed by atoms with E-state index in [0.29, 0.717) is 12.4 Å². The number of hydrogen-bond donors (Lipinski definition) is 2. The second-order valence-electron chi connectivity index (χ2n) is 5.09. The lowest BCUT2D eigenvalue weighted by molar-refractivity contribution is 0.0738. The molecule has 7 heteroatoms. The third-order valence-corrected chi connectivity index (χ3v) is 3.66. The first-order chi connectivity index (χ1) is 10.1. The third kappa shape index (κ3) is 4.97. The molecule has 0 saturated carbocycles. The summed E-state index contributed by atoms with van der Waals surface area (Å²) < 4.78 is 31.2. The second kappa shape index (κ2) is 9.12. The average Bonchev–Trinajstić information content (AvgIpc) is 2.48. The summed E-state index contributed by atoms with van der Waals surface area (Å²) in [6.45, 7) is 5.32. The first-order valence-corrected chi connectivity index (χ1v) is 7.30. The quantitative estimate of drug-likeness (QED) is 0.838. The number of phenols is 1. The van der Waals surface area contributed by atoms with E-state index in [1.165, 1.54) is 6.07 Å². The van der Waals surface area contributed by atoms with Crippen molar-refractivity contribution in [1.29, 1.82) is 0 Å². The molecule has 2 rings (SSSR count). The number of halogens is 3. The summed E-state index contributed by atoms with van der Waals surface area (Å²) in [7, 11) is 0. The van der Waals surface area contributed by atoms with E-state index in [1.54, 1.807) is 12.1 Å². The van der Waals surface area contributed by atoms with Crippen molar-refractivity contribution in [3.8, 4) is 11.5 Å². The number of piperazine rings is 1. The summed E-state index contributed by atoms with van der Waals surface area (Å²) in [6.07, 6.45) is -2.58. The molecule has 0 aromatic heterocycles. The monoisotopic (exact) mass is 336 g/mol. The van der Waals surface area contributed by atoms with Gasteiger partial charge in [0.2, 0.25) is 6.43 Å². The number of alkyl halides is 2. The van der Waals surface area contributed by atoms with Gasteiger partial charge in [0.15, 0.2) is 11.5 Å². The molecule has 4 nitrogen and oxygen atoms in total. The van der Waals surface area contributed by atoms with Crippen LogP contribution in [0.25, 0.3) is 0 Å². The maximum Gasteiger partial charge on any atom is 0.240 e. The molecule has 0 unspecified atom stereocenters. The Kier molecular flexibility index (Phi) is 7.85. The Bertz CT molecular complexity index is 457. The Morgan fingerprint density at radius 2 is 2.00 bits per heavy atom. The van der Waals surface area contributed by atoms with Crippen LogP contribution in [0.3, 0.4) is 0 Å². The van der Waals surface area contributed by atoms with Gasteiger partial charge in [-0.1, -0.05) is 6.07 Å². The number of hydrogen-bond acceptors (Lipinski definition) is 4. The molecule has 0 spiro atoms. The lowest BCUT2D eigenvalue weighted by Gasteiger charge is -2.35. The first kappa shape index (κ1) is 18.9. The van der Waals surface area contributed by atoms with Crippen molar-refractivity contribution in [2.24, 2.45) is 0 Å². The third-order valence-electron chi connectivity index (χ3n) is 3.66. The lowest BCUT2D eigenvalue weighted by atomic mass is 10.0. The fourth-order valence-electron chi connectivity index (χ4n) is 2.67. The molecule has 1 aliphatic heterocycles. The second-order valence-corrected chi connectivity index (χ2v) is 5.09. The van der Waals surface area contributed by atoms with Crippen LogP contribution in [-0.2, 0) is 0 Å². The number of ether oxygens (including phenoxy) is 1. The molecule has 1 aromatic carbocycles. The molecule has 1 heterocycles. The van der Waals surface area contributed by atoms with Crippen molar-refractivity contribution in [2.75, 3.05) is 32.8 Å². The van der Waals surface area contributed by atoms with Crippen LogP contribution in [0.4, 0.5) is 8.78 Å². The minimum absolute atomic E-state index is 0. The van der Waals surface area contributed by atoms with Crippen LogP contribution >= 0.6 is 12.4 Å². The predicted octanol–water partition coefficient (Wildman–Crippen LogP) is 2.81. The average molecular weight is 337 g/mol. The predicted molar refractivity (Wildman–Crippen MR) is 84.3 cm³/mol. The highest BCUT2D eigenvalue weighted by Gasteiger charge is 2.26. The number of aromatic hydroxyl groups is 1. The molecule has 126 valence electrons. The summed E-state index contributed by atoms with van der Waals surface area (Å²) in [5, 5.41) is 13.0. The molecule has 0 aliphatic carbocycles. The minimum atomic E-state index is -2.37. The van der Waals surface area contributed by atoms with Crippen LogP contribution in [0.15, 0.2) is 18.2 Å². The van der Waals surface area contributed by atoms with E-state index in [9.17, 15) is 13.9 Å². The highest BCUT2D eigenvalue weighted by Crippen LogP contribution is 2.34. The maximum atomic E-state index is 12.9. The van der Waals surface area contributed by atoms with Crippen LogP contribution in [-0.4, -0.2) is 49.2 Å². The molecule has 0 radical (unpaired) electrons. The Balaban J connectivity index is 0.00000242. The van der Waals surface area contributed by atoms with Gasteiger partial charge >= 0.3 is 0 Å². The zero-order chi connectivity index (χ0) is 15.2. The number of nitrogens with zero attached hydrogens (tertiary/aromatic N) is 1. The zero-order valence-electron chi connectivity index (χ0n) is 12.6. The molecule has 2 N–H and O–H groups in total. The molecular weight excluding hydrogens is 314 g/mol. The summed E-state index contributed by atoms with van der Waals surface area (Å²) >= 11 is 0. The van der Waals surface area contributed by atoms with Crippen molar-refractivity contribution in [3.05, 3.63) is 23.8 Å². The number of rotatable bonds is 6.